The molecule has 22 heavy (non-hydrogen) atoms. The van der Waals surface area contributed by atoms with E-state index in [0.29, 0.717) is 5.92 Å². The lowest BCUT2D eigenvalue weighted by Gasteiger charge is -2.20. The summed E-state index contributed by atoms with van der Waals surface area (Å²) in [6.45, 7) is 4.21. The van der Waals surface area contributed by atoms with Crippen LogP contribution in [0, 0.1) is 5.92 Å². The van der Waals surface area contributed by atoms with Crippen molar-refractivity contribution in [1.82, 2.24) is 5.32 Å². The van der Waals surface area contributed by atoms with Crippen molar-refractivity contribution in [1.29, 1.82) is 0 Å². The highest BCUT2D eigenvalue weighted by atomic mass is 32.1. The third-order valence-electron chi connectivity index (χ3n) is 3.37. The Bertz CT molecular complexity index is 632. The Morgan fingerprint density at radius 1 is 1.23 bits per heavy atom. The SMILES string of the molecule is COc1ccccc1/C=C/C(=O)N[C@H](c1cccs1)C(C)C. The number of carbonyl (C=O) groups is 1. The molecule has 0 fully saturated rings. The zero-order valence-corrected chi connectivity index (χ0v) is 13.9. The summed E-state index contributed by atoms with van der Waals surface area (Å²) in [6.07, 6.45) is 3.33. The van der Waals surface area contributed by atoms with Crippen molar-refractivity contribution < 1.29 is 9.53 Å². The van der Waals surface area contributed by atoms with Crippen LogP contribution in [0.25, 0.3) is 6.08 Å². The number of hydrogen-bond donors (Lipinski definition) is 1. The smallest absolute Gasteiger partial charge is 0.244 e. The molecule has 0 saturated carbocycles. The number of benzene rings is 1. The Morgan fingerprint density at radius 3 is 2.64 bits per heavy atom. The molecule has 0 unspecified atom stereocenters. The summed E-state index contributed by atoms with van der Waals surface area (Å²) in [5.41, 5.74) is 0.886. The zero-order chi connectivity index (χ0) is 15.9. The zero-order valence-electron chi connectivity index (χ0n) is 13.1. The van der Waals surface area contributed by atoms with Crippen molar-refractivity contribution in [2.75, 3.05) is 7.11 Å². The molecule has 1 atom stereocenters. The average molecular weight is 315 g/mol. The van der Waals surface area contributed by atoms with Crippen molar-refractivity contribution in [2.24, 2.45) is 5.92 Å². The van der Waals surface area contributed by atoms with Crippen molar-refractivity contribution in [3.8, 4) is 5.75 Å². The molecular weight excluding hydrogens is 294 g/mol. The minimum atomic E-state index is -0.0991. The second kappa shape index (κ2) is 7.80. The lowest BCUT2D eigenvalue weighted by molar-refractivity contribution is -0.117. The predicted octanol–water partition coefficient (Wildman–Crippen LogP) is 4.28. The van der Waals surface area contributed by atoms with E-state index in [0.717, 1.165) is 11.3 Å². The maximum Gasteiger partial charge on any atom is 0.244 e. The molecule has 1 heterocycles. The number of amides is 1. The van der Waals surface area contributed by atoms with Gasteiger partial charge in [-0.15, -0.1) is 11.3 Å². The van der Waals surface area contributed by atoms with Crippen LogP contribution >= 0.6 is 11.3 Å². The van der Waals surface area contributed by atoms with Gasteiger partial charge in [-0.2, -0.15) is 0 Å². The molecule has 1 aromatic carbocycles. The molecule has 2 rings (SSSR count). The van der Waals surface area contributed by atoms with Gasteiger partial charge in [0, 0.05) is 16.5 Å². The Hall–Kier alpha value is -2.07. The first kappa shape index (κ1) is 16.3. The van der Waals surface area contributed by atoms with Crippen molar-refractivity contribution in [3.63, 3.8) is 0 Å². The summed E-state index contributed by atoms with van der Waals surface area (Å²) < 4.78 is 5.27. The van der Waals surface area contributed by atoms with Crippen LogP contribution in [0.5, 0.6) is 5.75 Å². The van der Waals surface area contributed by atoms with Crippen LogP contribution in [0.2, 0.25) is 0 Å². The third-order valence-corrected chi connectivity index (χ3v) is 4.32. The monoisotopic (exact) mass is 315 g/mol. The van der Waals surface area contributed by atoms with E-state index in [-0.39, 0.29) is 11.9 Å². The highest BCUT2D eigenvalue weighted by Gasteiger charge is 2.18. The molecule has 1 aromatic heterocycles. The van der Waals surface area contributed by atoms with E-state index in [1.807, 2.05) is 35.7 Å². The lowest BCUT2D eigenvalue weighted by atomic mass is 10.0. The van der Waals surface area contributed by atoms with Crippen LogP contribution in [0.3, 0.4) is 0 Å². The number of nitrogens with one attached hydrogen (secondary N) is 1. The van der Waals surface area contributed by atoms with Crippen molar-refractivity contribution >= 4 is 23.3 Å². The van der Waals surface area contributed by atoms with Gasteiger partial charge in [-0.3, -0.25) is 4.79 Å². The van der Waals surface area contributed by atoms with E-state index in [9.17, 15) is 4.79 Å². The first-order chi connectivity index (χ1) is 10.6. The first-order valence-corrected chi connectivity index (χ1v) is 8.14. The molecule has 0 bridgehead atoms. The summed E-state index contributed by atoms with van der Waals surface area (Å²) in [6, 6.07) is 11.7. The molecule has 0 aliphatic carbocycles. The van der Waals surface area contributed by atoms with Gasteiger partial charge >= 0.3 is 0 Å². The number of para-hydroxylation sites is 1. The molecule has 1 amide bonds. The fourth-order valence-electron chi connectivity index (χ4n) is 2.21. The number of rotatable bonds is 6. The Kier molecular flexibility index (Phi) is 5.78. The molecule has 0 aliphatic rings. The lowest BCUT2D eigenvalue weighted by Crippen LogP contribution is -2.29. The molecule has 0 spiro atoms. The fraction of sp³-hybridized carbons (Fsp3) is 0.278. The summed E-state index contributed by atoms with van der Waals surface area (Å²) in [5.74, 6) is 0.991. The Labute approximate surface area is 135 Å². The van der Waals surface area contributed by atoms with Crippen LogP contribution in [0.1, 0.15) is 30.3 Å². The molecule has 1 N–H and O–H groups in total. The van der Waals surface area contributed by atoms with E-state index in [4.69, 9.17) is 4.74 Å². The highest BCUT2D eigenvalue weighted by Crippen LogP contribution is 2.25. The normalized spacial score (nSPS) is 12.5. The Morgan fingerprint density at radius 2 is 2.00 bits per heavy atom. The van der Waals surface area contributed by atoms with E-state index < -0.39 is 0 Å². The van der Waals surface area contributed by atoms with E-state index in [1.165, 1.54) is 4.88 Å². The molecule has 0 saturated heterocycles. The van der Waals surface area contributed by atoms with Crippen LogP contribution < -0.4 is 10.1 Å². The maximum atomic E-state index is 12.2. The second-order valence-electron chi connectivity index (χ2n) is 5.32. The number of methoxy groups -OCH3 is 1. The van der Waals surface area contributed by atoms with Gasteiger partial charge < -0.3 is 10.1 Å². The van der Waals surface area contributed by atoms with Gasteiger partial charge in [0.2, 0.25) is 5.91 Å². The predicted molar refractivity (Wildman–Crippen MR) is 92.1 cm³/mol. The first-order valence-electron chi connectivity index (χ1n) is 7.27. The molecule has 116 valence electrons. The number of hydrogen-bond acceptors (Lipinski definition) is 3. The van der Waals surface area contributed by atoms with Gasteiger partial charge in [0.15, 0.2) is 0 Å². The molecule has 4 heteroatoms. The van der Waals surface area contributed by atoms with E-state index in [2.05, 4.69) is 25.2 Å². The standard InChI is InChI=1S/C18H21NO2S/c1-13(2)18(16-9-6-12-22-16)19-17(20)11-10-14-7-4-5-8-15(14)21-3/h4-13,18H,1-3H3,(H,19,20)/b11-10+/t18-/m0/s1. The van der Waals surface area contributed by atoms with Gasteiger partial charge in [-0.25, -0.2) is 0 Å². The summed E-state index contributed by atoms with van der Waals surface area (Å²) in [4.78, 5) is 13.4. The maximum absolute atomic E-state index is 12.2. The number of thiophene rings is 1. The Balaban J connectivity index is 2.07. The van der Waals surface area contributed by atoms with Gasteiger partial charge in [0.1, 0.15) is 5.75 Å². The molecule has 0 radical (unpaired) electrons. The largest absolute Gasteiger partial charge is 0.496 e. The summed E-state index contributed by atoms with van der Waals surface area (Å²) >= 11 is 1.66. The van der Waals surface area contributed by atoms with E-state index in [1.54, 1.807) is 30.6 Å². The van der Waals surface area contributed by atoms with E-state index >= 15 is 0 Å². The van der Waals surface area contributed by atoms with Gasteiger partial charge in [0.25, 0.3) is 0 Å². The third kappa shape index (κ3) is 4.21. The summed E-state index contributed by atoms with van der Waals surface area (Å²) in [5, 5.41) is 5.10. The number of carbonyl (C=O) groups excluding carboxylic acids is 1. The van der Waals surface area contributed by atoms with Crippen LogP contribution in [-0.2, 0) is 4.79 Å². The van der Waals surface area contributed by atoms with Crippen LogP contribution in [0.15, 0.2) is 47.9 Å². The van der Waals surface area contributed by atoms with Crippen LogP contribution in [0.4, 0.5) is 0 Å². The minimum absolute atomic E-state index is 0.0369. The van der Waals surface area contributed by atoms with Crippen molar-refractivity contribution in [2.45, 2.75) is 19.9 Å². The topological polar surface area (TPSA) is 38.3 Å². The molecular formula is C18H21NO2S. The highest BCUT2D eigenvalue weighted by molar-refractivity contribution is 7.10. The average Bonchev–Trinajstić information content (AvgIpc) is 3.04. The molecule has 2 aromatic rings. The van der Waals surface area contributed by atoms with Crippen molar-refractivity contribution in [3.05, 3.63) is 58.3 Å². The molecule has 3 nitrogen and oxygen atoms in total. The fourth-order valence-corrected chi connectivity index (χ4v) is 3.15. The van der Waals surface area contributed by atoms with Gasteiger partial charge in [0.05, 0.1) is 13.2 Å². The van der Waals surface area contributed by atoms with Crippen LogP contribution in [-0.4, -0.2) is 13.0 Å². The quantitative estimate of drug-likeness (QED) is 0.808. The van der Waals surface area contributed by atoms with Gasteiger partial charge in [-0.05, 0) is 29.5 Å². The minimum Gasteiger partial charge on any atom is -0.496 e. The summed E-state index contributed by atoms with van der Waals surface area (Å²) in [7, 11) is 1.62. The second-order valence-corrected chi connectivity index (χ2v) is 6.30. The number of ether oxygens (including phenoxy) is 1. The molecule has 0 aliphatic heterocycles. The van der Waals surface area contributed by atoms with Gasteiger partial charge in [-0.1, -0.05) is 38.1 Å².